The van der Waals surface area contributed by atoms with Gasteiger partial charge in [-0.05, 0) is 24.8 Å². The SMILES string of the molecule is C[C@]1(c2ccc([N+](=O)[O-])cc2)C=CCCC1. The van der Waals surface area contributed by atoms with Crippen molar-refractivity contribution in [2.45, 2.75) is 31.6 Å². The minimum absolute atomic E-state index is 0.0490. The Morgan fingerprint density at radius 2 is 2.00 bits per heavy atom. The summed E-state index contributed by atoms with van der Waals surface area (Å²) in [6, 6.07) is 6.91. The molecule has 0 saturated carbocycles. The highest BCUT2D eigenvalue weighted by Gasteiger charge is 2.25. The van der Waals surface area contributed by atoms with Gasteiger partial charge in [-0.2, -0.15) is 0 Å². The van der Waals surface area contributed by atoms with Gasteiger partial charge in [0.1, 0.15) is 0 Å². The molecule has 0 radical (unpaired) electrons. The van der Waals surface area contributed by atoms with Crippen LogP contribution in [0.3, 0.4) is 0 Å². The quantitative estimate of drug-likeness (QED) is 0.431. The predicted octanol–water partition coefficient (Wildman–Crippen LogP) is 3.59. The Balaban J connectivity index is 2.30. The van der Waals surface area contributed by atoms with Gasteiger partial charge >= 0.3 is 0 Å². The number of non-ortho nitro benzene ring substituents is 1. The zero-order valence-electron chi connectivity index (χ0n) is 9.35. The summed E-state index contributed by atoms with van der Waals surface area (Å²) < 4.78 is 0. The first-order valence-corrected chi connectivity index (χ1v) is 5.54. The molecule has 1 aromatic carbocycles. The van der Waals surface area contributed by atoms with Gasteiger partial charge in [-0.25, -0.2) is 0 Å². The molecule has 1 atom stereocenters. The van der Waals surface area contributed by atoms with E-state index >= 15 is 0 Å². The lowest BCUT2D eigenvalue weighted by Gasteiger charge is -2.29. The maximum atomic E-state index is 10.6. The van der Waals surface area contributed by atoms with Gasteiger partial charge in [-0.1, -0.05) is 31.2 Å². The van der Waals surface area contributed by atoms with Crippen LogP contribution in [0, 0.1) is 10.1 Å². The van der Waals surface area contributed by atoms with Gasteiger partial charge in [0, 0.05) is 17.5 Å². The average Bonchev–Trinajstić information content (AvgIpc) is 2.30. The molecule has 0 amide bonds. The average molecular weight is 217 g/mol. The summed E-state index contributed by atoms with van der Waals surface area (Å²) in [4.78, 5) is 10.2. The van der Waals surface area contributed by atoms with Crippen LogP contribution in [-0.4, -0.2) is 4.92 Å². The Hall–Kier alpha value is -1.64. The van der Waals surface area contributed by atoms with Gasteiger partial charge < -0.3 is 0 Å². The zero-order valence-corrected chi connectivity index (χ0v) is 9.35. The van der Waals surface area contributed by atoms with Crippen molar-refractivity contribution < 1.29 is 4.92 Å². The Morgan fingerprint density at radius 1 is 1.31 bits per heavy atom. The first-order chi connectivity index (χ1) is 7.62. The van der Waals surface area contributed by atoms with E-state index < -0.39 is 0 Å². The predicted molar refractivity (Wildman–Crippen MR) is 63.4 cm³/mol. The molecule has 0 aromatic heterocycles. The number of hydrogen-bond donors (Lipinski definition) is 0. The van der Waals surface area contributed by atoms with Crippen LogP contribution in [0.1, 0.15) is 31.7 Å². The molecule has 0 fully saturated rings. The minimum Gasteiger partial charge on any atom is -0.258 e. The Bertz CT molecular complexity index is 422. The highest BCUT2D eigenvalue weighted by atomic mass is 16.6. The lowest BCUT2D eigenvalue weighted by molar-refractivity contribution is -0.384. The summed E-state index contributed by atoms with van der Waals surface area (Å²) in [5.74, 6) is 0. The molecule has 3 nitrogen and oxygen atoms in total. The van der Waals surface area contributed by atoms with Crippen molar-refractivity contribution in [3.8, 4) is 0 Å². The van der Waals surface area contributed by atoms with Crippen molar-refractivity contribution in [3.63, 3.8) is 0 Å². The first kappa shape index (κ1) is 10.9. The van der Waals surface area contributed by atoms with E-state index in [-0.39, 0.29) is 16.0 Å². The van der Waals surface area contributed by atoms with Crippen molar-refractivity contribution in [1.29, 1.82) is 0 Å². The van der Waals surface area contributed by atoms with Gasteiger partial charge in [0.15, 0.2) is 0 Å². The third-order valence-corrected chi connectivity index (χ3v) is 3.29. The van der Waals surface area contributed by atoms with E-state index in [0.717, 1.165) is 18.4 Å². The summed E-state index contributed by atoms with van der Waals surface area (Å²) in [7, 11) is 0. The maximum Gasteiger partial charge on any atom is 0.269 e. The van der Waals surface area contributed by atoms with E-state index in [1.54, 1.807) is 12.1 Å². The van der Waals surface area contributed by atoms with E-state index in [9.17, 15) is 10.1 Å². The molecule has 84 valence electrons. The van der Waals surface area contributed by atoms with Gasteiger partial charge in [0.2, 0.25) is 0 Å². The number of hydrogen-bond acceptors (Lipinski definition) is 2. The Morgan fingerprint density at radius 3 is 2.50 bits per heavy atom. The molecule has 16 heavy (non-hydrogen) atoms. The van der Waals surface area contributed by atoms with Crippen molar-refractivity contribution >= 4 is 5.69 Å². The summed E-state index contributed by atoms with van der Waals surface area (Å²) in [6.45, 7) is 2.18. The standard InChI is InChI=1S/C13H15NO2/c1-13(9-3-2-4-10-13)11-5-7-12(8-6-11)14(15)16/h3,5-9H,2,4,10H2,1H3/t13-/m0/s1. The van der Waals surface area contributed by atoms with Crippen LogP contribution in [0.5, 0.6) is 0 Å². The van der Waals surface area contributed by atoms with E-state index in [4.69, 9.17) is 0 Å². The van der Waals surface area contributed by atoms with Crippen LogP contribution < -0.4 is 0 Å². The molecular formula is C13H15NO2. The molecule has 0 aliphatic heterocycles. The van der Waals surface area contributed by atoms with Crippen LogP contribution in [0.2, 0.25) is 0 Å². The van der Waals surface area contributed by atoms with Crippen molar-refractivity contribution in [1.82, 2.24) is 0 Å². The second kappa shape index (κ2) is 4.08. The molecule has 3 heteroatoms. The number of rotatable bonds is 2. The maximum absolute atomic E-state index is 10.6. The summed E-state index contributed by atoms with van der Waals surface area (Å²) >= 11 is 0. The van der Waals surface area contributed by atoms with Crippen LogP contribution in [0.4, 0.5) is 5.69 Å². The molecule has 2 rings (SSSR count). The zero-order chi connectivity index (χ0) is 11.6. The van der Waals surface area contributed by atoms with Gasteiger partial charge in [-0.3, -0.25) is 10.1 Å². The second-order valence-corrected chi connectivity index (χ2v) is 4.52. The summed E-state index contributed by atoms with van der Waals surface area (Å²) in [5.41, 5.74) is 1.37. The van der Waals surface area contributed by atoms with Gasteiger partial charge in [-0.15, -0.1) is 0 Å². The molecule has 0 heterocycles. The summed E-state index contributed by atoms with van der Waals surface area (Å²) in [5, 5.41) is 10.6. The Labute approximate surface area is 94.9 Å². The van der Waals surface area contributed by atoms with E-state index in [2.05, 4.69) is 19.1 Å². The van der Waals surface area contributed by atoms with E-state index in [1.807, 2.05) is 12.1 Å². The number of allylic oxidation sites excluding steroid dienone is 2. The highest BCUT2D eigenvalue weighted by Crippen LogP contribution is 2.35. The van der Waals surface area contributed by atoms with Crippen LogP contribution in [0.15, 0.2) is 36.4 Å². The molecule has 0 N–H and O–H groups in total. The third kappa shape index (κ3) is 1.98. The Kier molecular flexibility index (Phi) is 2.77. The van der Waals surface area contributed by atoms with Crippen molar-refractivity contribution in [2.75, 3.05) is 0 Å². The number of nitrogens with zero attached hydrogens (tertiary/aromatic N) is 1. The fourth-order valence-corrected chi connectivity index (χ4v) is 2.22. The minimum atomic E-state index is -0.358. The fraction of sp³-hybridized carbons (Fsp3) is 0.385. The molecule has 1 aromatic rings. The molecule has 0 unspecified atom stereocenters. The fourth-order valence-electron chi connectivity index (χ4n) is 2.22. The third-order valence-electron chi connectivity index (χ3n) is 3.29. The first-order valence-electron chi connectivity index (χ1n) is 5.54. The normalized spacial score (nSPS) is 24.3. The van der Waals surface area contributed by atoms with E-state index in [1.165, 1.54) is 6.42 Å². The van der Waals surface area contributed by atoms with Gasteiger partial charge in [0.25, 0.3) is 5.69 Å². The van der Waals surface area contributed by atoms with Crippen molar-refractivity contribution in [3.05, 3.63) is 52.1 Å². The van der Waals surface area contributed by atoms with Gasteiger partial charge in [0.05, 0.1) is 4.92 Å². The molecule has 1 aliphatic rings. The topological polar surface area (TPSA) is 43.1 Å². The molecular weight excluding hydrogens is 202 g/mol. The monoisotopic (exact) mass is 217 g/mol. The lowest BCUT2D eigenvalue weighted by Crippen LogP contribution is -2.20. The molecule has 1 aliphatic carbocycles. The second-order valence-electron chi connectivity index (χ2n) is 4.52. The largest absolute Gasteiger partial charge is 0.269 e. The number of benzene rings is 1. The van der Waals surface area contributed by atoms with Crippen LogP contribution in [-0.2, 0) is 5.41 Å². The smallest absolute Gasteiger partial charge is 0.258 e. The summed E-state index contributed by atoms with van der Waals surface area (Å²) in [6.07, 6.45) is 7.86. The molecule has 0 saturated heterocycles. The highest BCUT2D eigenvalue weighted by molar-refractivity contribution is 5.38. The van der Waals surface area contributed by atoms with Crippen LogP contribution in [0.25, 0.3) is 0 Å². The van der Waals surface area contributed by atoms with E-state index in [0.29, 0.717) is 0 Å². The van der Waals surface area contributed by atoms with Crippen molar-refractivity contribution in [2.24, 2.45) is 0 Å². The number of nitro benzene ring substituents is 1. The lowest BCUT2D eigenvalue weighted by atomic mass is 9.75. The molecule has 0 bridgehead atoms. The molecule has 0 spiro atoms. The van der Waals surface area contributed by atoms with Crippen LogP contribution >= 0.6 is 0 Å². The number of nitro groups is 1.